The molecule has 4 rings (SSSR count). The van der Waals surface area contributed by atoms with Gasteiger partial charge in [0.05, 0.1) is 12.1 Å². The molecule has 0 spiro atoms. The molecule has 1 aliphatic heterocycles. The summed E-state index contributed by atoms with van der Waals surface area (Å²) in [6.45, 7) is 3.09. The predicted molar refractivity (Wildman–Crippen MR) is 95.0 cm³/mol. The van der Waals surface area contributed by atoms with Gasteiger partial charge in [0.1, 0.15) is 11.3 Å². The van der Waals surface area contributed by atoms with Gasteiger partial charge in [-0.1, -0.05) is 18.5 Å². The Bertz CT molecular complexity index is 963. The molecule has 0 amide bonds. The van der Waals surface area contributed by atoms with Crippen molar-refractivity contribution in [3.05, 3.63) is 69.0 Å². The van der Waals surface area contributed by atoms with Crippen molar-refractivity contribution >= 4 is 28.3 Å². The summed E-state index contributed by atoms with van der Waals surface area (Å²) in [5, 5.41) is 1.67. The van der Waals surface area contributed by atoms with Gasteiger partial charge < -0.3 is 14.1 Å². The highest BCUT2D eigenvalue weighted by Gasteiger charge is 2.22. The van der Waals surface area contributed by atoms with E-state index in [1.54, 1.807) is 6.07 Å². The lowest BCUT2D eigenvalue weighted by Gasteiger charge is -2.31. The third-order valence-corrected chi connectivity index (χ3v) is 4.61. The monoisotopic (exact) mass is 341 g/mol. The predicted octanol–water partition coefficient (Wildman–Crippen LogP) is 4.37. The fraction of sp³-hybridized carbons (Fsp3) is 0.211. The van der Waals surface area contributed by atoms with Crippen LogP contribution in [0, 0.1) is 0 Å². The summed E-state index contributed by atoms with van der Waals surface area (Å²) in [6.07, 6.45) is 0.780. The molecule has 0 aliphatic carbocycles. The molecule has 5 heteroatoms. The van der Waals surface area contributed by atoms with Crippen LogP contribution in [0.5, 0.6) is 5.75 Å². The highest BCUT2D eigenvalue weighted by atomic mass is 35.5. The first-order valence-electron chi connectivity index (χ1n) is 7.87. The number of anilines is 1. The molecule has 24 heavy (non-hydrogen) atoms. The van der Waals surface area contributed by atoms with Gasteiger partial charge in [0.25, 0.3) is 0 Å². The van der Waals surface area contributed by atoms with E-state index in [-0.39, 0.29) is 5.63 Å². The Morgan fingerprint density at radius 1 is 1.17 bits per heavy atom. The van der Waals surface area contributed by atoms with Crippen LogP contribution in [0.25, 0.3) is 11.0 Å². The maximum Gasteiger partial charge on any atom is 0.336 e. The summed E-state index contributed by atoms with van der Waals surface area (Å²) in [4.78, 5) is 14.0. The second-order valence-electron chi connectivity index (χ2n) is 5.81. The number of rotatable bonds is 2. The normalized spacial score (nSPS) is 13.7. The number of hydrogen-bond donors (Lipinski definition) is 0. The lowest BCUT2D eigenvalue weighted by atomic mass is 10.0. The van der Waals surface area contributed by atoms with E-state index >= 15 is 0 Å². The van der Waals surface area contributed by atoms with Gasteiger partial charge in [-0.3, -0.25) is 0 Å². The molecule has 2 heterocycles. The average Bonchev–Trinajstić information content (AvgIpc) is 2.61. The maximum absolute atomic E-state index is 11.9. The van der Waals surface area contributed by atoms with Crippen LogP contribution in [-0.4, -0.2) is 6.73 Å². The van der Waals surface area contributed by atoms with Gasteiger partial charge in [-0.15, -0.1) is 0 Å². The zero-order valence-corrected chi connectivity index (χ0v) is 14.0. The average molecular weight is 342 g/mol. The van der Waals surface area contributed by atoms with E-state index in [9.17, 15) is 4.79 Å². The lowest BCUT2D eigenvalue weighted by Crippen LogP contribution is -2.32. The largest absolute Gasteiger partial charge is 0.473 e. The van der Waals surface area contributed by atoms with E-state index < -0.39 is 0 Å². The summed E-state index contributed by atoms with van der Waals surface area (Å²) in [5.74, 6) is 0.768. The van der Waals surface area contributed by atoms with E-state index in [0.29, 0.717) is 23.9 Å². The van der Waals surface area contributed by atoms with E-state index in [4.69, 9.17) is 20.8 Å². The van der Waals surface area contributed by atoms with Crippen molar-refractivity contribution in [2.24, 2.45) is 0 Å². The SMILES string of the molecule is CCc1cc(=O)oc2c3c(ccc12)OCN(c1ccc(Cl)cc1)C3. The van der Waals surface area contributed by atoms with E-state index in [2.05, 4.69) is 4.90 Å². The van der Waals surface area contributed by atoms with Gasteiger partial charge in [-0.25, -0.2) is 4.79 Å². The number of hydrogen-bond acceptors (Lipinski definition) is 4. The van der Waals surface area contributed by atoms with Crippen LogP contribution in [0.15, 0.2) is 51.7 Å². The summed E-state index contributed by atoms with van der Waals surface area (Å²) in [5.41, 5.74) is 3.21. The van der Waals surface area contributed by atoms with Crippen LogP contribution < -0.4 is 15.3 Å². The van der Waals surface area contributed by atoms with Crippen LogP contribution in [0.2, 0.25) is 5.02 Å². The van der Waals surface area contributed by atoms with Crippen molar-refractivity contribution in [1.82, 2.24) is 0 Å². The molecule has 0 N–H and O–H groups in total. The molecule has 2 aromatic carbocycles. The molecule has 3 aromatic rings. The fourth-order valence-electron chi connectivity index (χ4n) is 3.11. The standard InChI is InChI=1S/C19H16ClNO3/c1-2-12-9-18(22)24-19-15(12)7-8-17-16(19)10-21(11-23-17)14-5-3-13(20)4-6-14/h3-9H,2,10-11H2,1H3. The Morgan fingerprint density at radius 3 is 2.71 bits per heavy atom. The summed E-state index contributed by atoms with van der Waals surface area (Å²) in [6, 6.07) is 13.1. The Morgan fingerprint density at radius 2 is 1.96 bits per heavy atom. The third kappa shape index (κ3) is 2.53. The minimum atomic E-state index is -0.323. The zero-order valence-electron chi connectivity index (χ0n) is 13.2. The molecule has 1 aliphatic rings. The van der Waals surface area contributed by atoms with Gasteiger partial charge in [0.2, 0.25) is 0 Å². The van der Waals surface area contributed by atoms with Crippen LogP contribution in [0.4, 0.5) is 5.69 Å². The fourth-order valence-corrected chi connectivity index (χ4v) is 3.23. The molecule has 122 valence electrons. The minimum Gasteiger partial charge on any atom is -0.473 e. The van der Waals surface area contributed by atoms with Gasteiger partial charge in [-0.2, -0.15) is 0 Å². The van der Waals surface area contributed by atoms with Crippen LogP contribution in [-0.2, 0) is 13.0 Å². The van der Waals surface area contributed by atoms with Crippen molar-refractivity contribution in [2.45, 2.75) is 19.9 Å². The first kappa shape index (κ1) is 15.1. The second-order valence-corrected chi connectivity index (χ2v) is 6.25. The smallest absolute Gasteiger partial charge is 0.336 e. The first-order valence-corrected chi connectivity index (χ1v) is 8.25. The number of nitrogens with zero attached hydrogens (tertiary/aromatic N) is 1. The third-order valence-electron chi connectivity index (χ3n) is 4.36. The van der Waals surface area contributed by atoms with E-state index in [1.807, 2.05) is 43.3 Å². The number of ether oxygens (including phenoxy) is 1. The number of benzene rings is 2. The Balaban J connectivity index is 1.83. The Labute approximate surface area is 144 Å². The van der Waals surface area contributed by atoms with Crippen molar-refractivity contribution in [2.75, 3.05) is 11.6 Å². The zero-order chi connectivity index (χ0) is 16.7. The van der Waals surface area contributed by atoms with Gasteiger partial charge in [0.15, 0.2) is 6.73 Å². The Hall–Kier alpha value is -2.46. The highest BCUT2D eigenvalue weighted by molar-refractivity contribution is 6.30. The first-order chi connectivity index (χ1) is 11.7. The molecular formula is C19H16ClNO3. The summed E-state index contributed by atoms with van der Waals surface area (Å²) in [7, 11) is 0. The number of halogens is 1. The molecule has 4 nitrogen and oxygen atoms in total. The van der Waals surface area contributed by atoms with E-state index in [1.165, 1.54) is 0 Å². The van der Waals surface area contributed by atoms with Crippen molar-refractivity contribution in [1.29, 1.82) is 0 Å². The van der Waals surface area contributed by atoms with Crippen molar-refractivity contribution < 1.29 is 9.15 Å². The molecule has 0 bridgehead atoms. The molecule has 0 radical (unpaired) electrons. The molecule has 0 atom stereocenters. The molecule has 1 aromatic heterocycles. The van der Waals surface area contributed by atoms with Crippen molar-refractivity contribution in [3.63, 3.8) is 0 Å². The molecular weight excluding hydrogens is 326 g/mol. The van der Waals surface area contributed by atoms with E-state index in [0.717, 1.165) is 34.4 Å². The van der Waals surface area contributed by atoms with Crippen LogP contribution in [0.3, 0.4) is 0 Å². The number of fused-ring (bicyclic) bond motifs is 3. The Kier molecular flexibility index (Phi) is 3.69. The molecule has 0 saturated carbocycles. The van der Waals surface area contributed by atoms with Crippen molar-refractivity contribution in [3.8, 4) is 5.75 Å². The number of aryl methyl sites for hydroxylation is 1. The molecule has 0 fully saturated rings. The molecule has 0 unspecified atom stereocenters. The minimum absolute atomic E-state index is 0.323. The van der Waals surface area contributed by atoms with Gasteiger partial charge in [0, 0.05) is 22.2 Å². The topological polar surface area (TPSA) is 42.7 Å². The molecule has 0 saturated heterocycles. The second kappa shape index (κ2) is 5.87. The summed E-state index contributed by atoms with van der Waals surface area (Å²) < 4.78 is 11.4. The quantitative estimate of drug-likeness (QED) is 0.649. The van der Waals surface area contributed by atoms with Gasteiger partial charge in [-0.05, 0) is 48.4 Å². The van der Waals surface area contributed by atoms with Crippen LogP contribution >= 0.6 is 11.6 Å². The van der Waals surface area contributed by atoms with Crippen LogP contribution in [0.1, 0.15) is 18.1 Å². The summed E-state index contributed by atoms with van der Waals surface area (Å²) >= 11 is 5.96. The van der Waals surface area contributed by atoms with Gasteiger partial charge >= 0.3 is 5.63 Å². The maximum atomic E-state index is 11.9. The lowest BCUT2D eigenvalue weighted by molar-refractivity contribution is 0.289. The highest BCUT2D eigenvalue weighted by Crippen LogP contribution is 2.34.